The maximum atomic E-state index is 13.2. The van der Waals surface area contributed by atoms with Crippen molar-refractivity contribution in [2.24, 2.45) is 0 Å². The summed E-state index contributed by atoms with van der Waals surface area (Å²) < 4.78 is 46.1. The second-order valence-corrected chi connectivity index (χ2v) is 9.74. The van der Waals surface area contributed by atoms with E-state index in [-0.39, 0.29) is 22.6 Å². The van der Waals surface area contributed by atoms with E-state index in [0.717, 1.165) is 23.3 Å². The number of esters is 1. The molecule has 3 aromatic carbocycles. The lowest BCUT2D eigenvalue weighted by atomic mass is 10.0. The highest BCUT2D eigenvalue weighted by molar-refractivity contribution is 7.89. The Bertz CT molecular complexity index is 1300. The van der Waals surface area contributed by atoms with E-state index in [0.29, 0.717) is 13.0 Å². The normalized spacial score (nSPS) is 14.8. The summed E-state index contributed by atoms with van der Waals surface area (Å²) in [5.41, 5.74) is 2.31. The maximum Gasteiger partial charge on any atom is 0.338 e. The molecular weight excluding hydrogens is 445 g/mol. The van der Waals surface area contributed by atoms with Crippen LogP contribution in [0.4, 0.5) is 4.39 Å². The topological polar surface area (TPSA) is 80.8 Å². The zero-order valence-corrected chi connectivity index (χ0v) is 18.7. The molecule has 6 nitrogen and oxygen atoms in total. The molecule has 0 radical (unpaired) electrons. The Labute approximate surface area is 191 Å². The van der Waals surface area contributed by atoms with Gasteiger partial charge < -0.3 is 4.74 Å². The van der Waals surface area contributed by atoms with Crippen LogP contribution in [-0.4, -0.2) is 37.1 Å². The van der Waals surface area contributed by atoms with Crippen LogP contribution >= 0.6 is 0 Å². The summed E-state index contributed by atoms with van der Waals surface area (Å²) in [7, 11) is -3.83. The minimum atomic E-state index is -3.83. The summed E-state index contributed by atoms with van der Waals surface area (Å²) in [6, 6.07) is 18.2. The van der Waals surface area contributed by atoms with Crippen molar-refractivity contribution in [1.82, 2.24) is 4.31 Å². The van der Waals surface area contributed by atoms with Crippen LogP contribution < -0.4 is 0 Å². The first kappa shape index (κ1) is 22.8. The van der Waals surface area contributed by atoms with Gasteiger partial charge in [0, 0.05) is 18.7 Å². The molecule has 0 aromatic heterocycles. The molecule has 3 aromatic rings. The summed E-state index contributed by atoms with van der Waals surface area (Å²) in [4.78, 5) is 25.1. The quantitative estimate of drug-likeness (QED) is 0.404. The van der Waals surface area contributed by atoms with Crippen LogP contribution in [0.5, 0.6) is 0 Å². The van der Waals surface area contributed by atoms with Gasteiger partial charge in [0.2, 0.25) is 15.8 Å². The molecule has 1 unspecified atom stereocenters. The third-order valence-corrected chi connectivity index (χ3v) is 7.43. The lowest BCUT2D eigenvalue weighted by Crippen LogP contribution is -2.36. The number of hydrogen-bond acceptors (Lipinski definition) is 5. The van der Waals surface area contributed by atoms with Crippen LogP contribution in [-0.2, 0) is 27.7 Å². The van der Waals surface area contributed by atoms with Crippen LogP contribution in [0.2, 0.25) is 0 Å². The highest BCUT2D eigenvalue weighted by atomic mass is 32.2. The van der Waals surface area contributed by atoms with Crippen molar-refractivity contribution in [3.63, 3.8) is 0 Å². The molecule has 4 rings (SSSR count). The Balaban J connectivity index is 1.49. The number of carbonyl (C=O) groups excluding carboxylic acids is 2. The van der Waals surface area contributed by atoms with Crippen molar-refractivity contribution in [3.8, 4) is 0 Å². The number of ether oxygens (including phenoxy) is 1. The number of rotatable bonds is 6. The Morgan fingerprint density at radius 2 is 1.64 bits per heavy atom. The fraction of sp³-hybridized carbons (Fsp3) is 0.200. The van der Waals surface area contributed by atoms with Gasteiger partial charge in [0.15, 0.2) is 6.10 Å². The molecule has 33 heavy (non-hydrogen) atoms. The molecule has 1 aliphatic heterocycles. The minimum Gasteiger partial charge on any atom is -0.451 e. The van der Waals surface area contributed by atoms with Crippen LogP contribution in [0.15, 0.2) is 77.7 Å². The average molecular weight is 468 g/mol. The molecule has 1 aliphatic rings. The molecule has 0 spiro atoms. The number of carbonyl (C=O) groups is 2. The molecule has 0 N–H and O–H groups in total. The van der Waals surface area contributed by atoms with Gasteiger partial charge in [-0.3, -0.25) is 4.79 Å². The Kier molecular flexibility index (Phi) is 6.40. The van der Waals surface area contributed by atoms with Crippen LogP contribution in [0.25, 0.3) is 0 Å². The number of nitrogens with zero attached hydrogens (tertiary/aromatic N) is 1. The smallest absolute Gasteiger partial charge is 0.338 e. The monoisotopic (exact) mass is 467 g/mol. The number of halogens is 1. The Morgan fingerprint density at radius 3 is 2.36 bits per heavy atom. The van der Waals surface area contributed by atoms with E-state index in [2.05, 4.69) is 0 Å². The zero-order valence-electron chi connectivity index (χ0n) is 17.9. The summed E-state index contributed by atoms with van der Waals surface area (Å²) in [5.74, 6) is -1.79. The molecular formula is C25H22FNO5S. The molecule has 0 amide bonds. The average Bonchev–Trinajstić information content (AvgIpc) is 2.83. The lowest BCUT2D eigenvalue weighted by molar-refractivity contribution is 0.0318. The summed E-state index contributed by atoms with van der Waals surface area (Å²) >= 11 is 0. The molecule has 8 heteroatoms. The molecule has 0 aliphatic carbocycles. The Hall–Kier alpha value is -3.36. The van der Waals surface area contributed by atoms with Crippen LogP contribution in [0.1, 0.15) is 38.8 Å². The van der Waals surface area contributed by atoms with E-state index in [1.54, 1.807) is 0 Å². The SMILES string of the molecule is CC(OC(=O)c1cccc(S(=O)(=O)N2CCc3ccccc3C2)c1)C(=O)c1ccc(F)cc1. The van der Waals surface area contributed by atoms with Crippen molar-refractivity contribution in [2.75, 3.05) is 6.54 Å². The second-order valence-electron chi connectivity index (χ2n) is 7.80. The van der Waals surface area contributed by atoms with Gasteiger partial charge in [-0.25, -0.2) is 17.6 Å². The van der Waals surface area contributed by atoms with E-state index < -0.39 is 33.7 Å². The molecule has 0 saturated carbocycles. The summed E-state index contributed by atoms with van der Waals surface area (Å²) in [6.07, 6.45) is -0.512. The molecule has 1 atom stereocenters. The first-order valence-corrected chi connectivity index (χ1v) is 11.9. The highest BCUT2D eigenvalue weighted by Gasteiger charge is 2.29. The van der Waals surface area contributed by atoms with Crippen molar-refractivity contribution in [1.29, 1.82) is 0 Å². The number of Topliss-reactive ketones (excluding diaryl/α,β-unsaturated/α-hetero) is 1. The molecule has 0 bridgehead atoms. The van der Waals surface area contributed by atoms with Crippen LogP contribution in [0.3, 0.4) is 0 Å². The predicted octanol–water partition coefficient (Wildman–Crippen LogP) is 4.00. The van der Waals surface area contributed by atoms with Crippen molar-refractivity contribution < 1.29 is 27.1 Å². The fourth-order valence-electron chi connectivity index (χ4n) is 3.74. The fourth-order valence-corrected chi connectivity index (χ4v) is 5.20. The summed E-state index contributed by atoms with van der Waals surface area (Å²) in [6.45, 7) is 2.02. The molecule has 0 fully saturated rings. The van der Waals surface area contributed by atoms with E-state index in [1.807, 2.05) is 24.3 Å². The van der Waals surface area contributed by atoms with Crippen molar-refractivity contribution in [3.05, 3.63) is 101 Å². The van der Waals surface area contributed by atoms with E-state index in [9.17, 15) is 22.4 Å². The van der Waals surface area contributed by atoms with Crippen molar-refractivity contribution in [2.45, 2.75) is 30.9 Å². The standard InChI is InChI=1S/C25H22FNO5S/c1-17(24(28)19-9-11-22(26)12-10-19)32-25(29)20-7-4-8-23(15-20)33(30,31)27-14-13-18-5-2-3-6-21(18)16-27/h2-12,15,17H,13-14,16H2,1H3. The molecule has 0 saturated heterocycles. The lowest BCUT2D eigenvalue weighted by Gasteiger charge is -2.28. The van der Waals surface area contributed by atoms with Crippen molar-refractivity contribution >= 4 is 21.8 Å². The minimum absolute atomic E-state index is 0.0196. The van der Waals surface area contributed by atoms with Gasteiger partial charge in [-0.05, 0) is 66.9 Å². The third kappa shape index (κ3) is 4.86. The number of sulfonamides is 1. The van der Waals surface area contributed by atoms with Gasteiger partial charge in [0.05, 0.1) is 10.5 Å². The van der Waals surface area contributed by atoms with E-state index in [1.165, 1.54) is 47.6 Å². The predicted molar refractivity (Wildman–Crippen MR) is 120 cm³/mol. The third-order valence-electron chi connectivity index (χ3n) is 5.58. The van der Waals surface area contributed by atoms with Crippen LogP contribution in [0, 0.1) is 5.82 Å². The number of hydrogen-bond donors (Lipinski definition) is 0. The first-order valence-electron chi connectivity index (χ1n) is 10.4. The molecule has 170 valence electrons. The number of benzene rings is 3. The molecule has 1 heterocycles. The maximum absolute atomic E-state index is 13.2. The van der Waals surface area contributed by atoms with Gasteiger partial charge in [-0.15, -0.1) is 0 Å². The van der Waals surface area contributed by atoms with E-state index in [4.69, 9.17) is 4.74 Å². The van der Waals surface area contributed by atoms with E-state index >= 15 is 0 Å². The van der Waals surface area contributed by atoms with Gasteiger partial charge >= 0.3 is 5.97 Å². The number of ketones is 1. The van der Waals surface area contributed by atoms with Gasteiger partial charge in [0.25, 0.3) is 0 Å². The van der Waals surface area contributed by atoms with Gasteiger partial charge in [-0.2, -0.15) is 4.31 Å². The Morgan fingerprint density at radius 1 is 0.939 bits per heavy atom. The van der Waals surface area contributed by atoms with Gasteiger partial charge in [-0.1, -0.05) is 30.3 Å². The first-order chi connectivity index (χ1) is 15.8. The second kappa shape index (κ2) is 9.25. The zero-order chi connectivity index (χ0) is 23.6. The largest absolute Gasteiger partial charge is 0.451 e. The number of fused-ring (bicyclic) bond motifs is 1. The van der Waals surface area contributed by atoms with Gasteiger partial charge in [0.1, 0.15) is 5.82 Å². The highest BCUT2D eigenvalue weighted by Crippen LogP contribution is 2.25. The summed E-state index contributed by atoms with van der Waals surface area (Å²) in [5, 5.41) is 0.